The van der Waals surface area contributed by atoms with Gasteiger partial charge in [-0.15, -0.1) is 0 Å². The Labute approximate surface area is 190 Å². The molecule has 8 heteroatoms. The van der Waals surface area contributed by atoms with E-state index in [1.54, 1.807) is 11.0 Å². The van der Waals surface area contributed by atoms with Crippen molar-refractivity contribution in [3.05, 3.63) is 69.8 Å². The lowest BCUT2D eigenvalue weighted by atomic mass is 9.92. The van der Waals surface area contributed by atoms with Crippen molar-refractivity contribution in [2.75, 3.05) is 26.0 Å². The fraction of sp³-hybridized carbons (Fsp3) is 0.417. The van der Waals surface area contributed by atoms with Gasteiger partial charge in [-0.3, -0.25) is 14.7 Å². The normalized spacial score (nSPS) is 16.6. The molecule has 0 saturated carbocycles. The Morgan fingerprint density at radius 2 is 1.88 bits per heavy atom. The number of hydrogen-bond acceptors (Lipinski definition) is 4. The molecule has 1 saturated heterocycles. The first-order valence-electron chi connectivity index (χ1n) is 10.3. The molecule has 0 bridgehead atoms. The van der Waals surface area contributed by atoms with Crippen LogP contribution in [-0.2, 0) is 22.1 Å². The van der Waals surface area contributed by atoms with Crippen LogP contribution in [0.3, 0.4) is 0 Å². The number of amidine groups is 1. The Kier molecular flexibility index (Phi) is 7.67. The van der Waals surface area contributed by atoms with E-state index in [0.717, 1.165) is 22.8 Å². The summed E-state index contributed by atoms with van der Waals surface area (Å²) in [4.78, 5) is 18.8. The molecule has 32 heavy (non-hydrogen) atoms. The van der Waals surface area contributed by atoms with Gasteiger partial charge in [-0.1, -0.05) is 53.2 Å². The Hall–Kier alpha value is -2.32. The van der Waals surface area contributed by atoms with E-state index in [-0.39, 0.29) is 18.1 Å². The van der Waals surface area contributed by atoms with E-state index in [1.165, 1.54) is 31.9 Å². The first-order chi connectivity index (χ1) is 15.1. The van der Waals surface area contributed by atoms with Crippen LogP contribution in [0.5, 0.6) is 0 Å². The van der Waals surface area contributed by atoms with Crippen LogP contribution in [0.2, 0.25) is 0 Å². The number of ether oxygens (including phenoxy) is 1. The molecule has 1 amide bonds. The van der Waals surface area contributed by atoms with Crippen molar-refractivity contribution < 1.29 is 22.7 Å². The monoisotopic (exact) mass is 464 g/mol. The zero-order chi connectivity index (χ0) is 23.5. The Balaban J connectivity index is 2.07. The number of aliphatic imine (C=N–C) groups is 1. The van der Waals surface area contributed by atoms with Crippen molar-refractivity contribution in [1.82, 2.24) is 4.90 Å². The van der Waals surface area contributed by atoms with Crippen molar-refractivity contribution in [2.24, 2.45) is 4.99 Å². The summed E-state index contributed by atoms with van der Waals surface area (Å²) in [5.41, 5.74) is 3.17. The van der Waals surface area contributed by atoms with Crippen molar-refractivity contribution in [3.63, 3.8) is 0 Å². The van der Waals surface area contributed by atoms with Crippen LogP contribution in [0, 0.1) is 20.8 Å². The molecular weight excluding hydrogens is 437 g/mol. The van der Waals surface area contributed by atoms with Gasteiger partial charge in [0.25, 0.3) is 5.91 Å². The summed E-state index contributed by atoms with van der Waals surface area (Å²) in [6.45, 7) is 5.91. The number of nitrogens with zero attached hydrogens (tertiary/aromatic N) is 2. The summed E-state index contributed by atoms with van der Waals surface area (Å²) in [6.07, 6.45) is -4.01. The van der Waals surface area contributed by atoms with Crippen LogP contribution in [-0.4, -0.2) is 42.0 Å². The molecule has 1 fully saturated rings. The molecule has 0 N–H and O–H groups in total. The second-order valence-corrected chi connectivity index (χ2v) is 9.03. The van der Waals surface area contributed by atoms with Crippen molar-refractivity contribution in [1.29, 1.82) is 0 Å². The molecule has 2 aromatic rings. The fourth-order valence-electron chi connectivity index (χ4n) is 4.03. The molecule has 1 heterocycles. The Morgan fingerprint density at radius 1 is 1.19 bits per heavy atom. The number of hydrogen-bond donors (Lipinski definition) is 0. The lowest BCUT2D eigenvalue weighted by Gasteiger charge is -2.22. The van der Waals surface area contributed by atoms with E-state index in [1.807, 2.05) is 26.0 Å². The summed E-state index contributed by atoms with van der Waals surface area (Å²) in [7, 11) is 1.45. The van der Waals surface area contributed by atoms with Gasteiger partial charge in [-0.05, 0) is 49.9 Å². The van der Waals surface area contributed by atoms with E-state index >= 15 is 0 Å². The van der Waals surface area contributed by atoms with Crippen LogP contribution in [0.4, 0.5) is 13.2 Å². The van der Waals surface area contributed by atoms with E-state index in [4.69, 9.17) is 9.73 Å². The molecule has 3 rings (SSSR count). The molecule has 2 aromatic carbocycles. The molecule has 1 unspecified atom stereocenters. The number of rotatable bonds is 6. The second kappa shape index (κ2) is 10.1. The third kappa shape index (κ3) is 5.72. The zero-order valence-electron chi connectivity index (χ0n) is 18.6. The Bertz CT molecular complexity index is 1000. The average molecular weight is 465 g/mol. The van der Waals surface area contributed by atoms with Crippen LogP contribution in [0.15, 0.2) is 41.4 Å². The largest absolute Gasteiger partial charge is 0.416 e. The van der Waals surface area contributed by atoms with Gasteiger partial charge in [0, 0.05) is 19.4 Å². The molecule has 1 atom stereocenters. The summed E-state index contributed by atoms with van der Waals surface area (Å²) in [5.74, 6) is 0.480. The standard InChI is InChI=1S/C24H27F3N2O2S/c1-15-10-16(2)12-18(11-15)13-21(19-6-5-7-20(17(19)3)24(25,26)27)28-23-29(8-9-32-23)22(30)14-31-4/h5-7,10-12,21H,8-9,13-14H2,1-4H3. The lowest BCUT2D eigenvalue weighted by Crippen LogP contribution is -2.34. The molecule has 4 nitrogen and oxygen atoms in total. The van der Waals surface area contributed by atoms with Gasteiger partial charge in [0.05, 0.1) is 11.6 Å². The van der Waals surface area contributed by atoms with Crippen molar-refractivity contribution in [3.8, 4) is 0 Å². The number of methoxy groups -OCH3 is 1. The van der Waals surface area contributed by atoms with Crippen LogP contribution < -0.4 is 0 Å². The molecule has 0 spiro atoms. The van der Waals surface area contributed by atoms with Gasteiger partial charge in [0.15, 0.2) is 5.17 Å². The molecule has 1 aliphatic heterocycles. The Morgan fingerprint density at radius 3 is 2.50 bits per heavy atom. The second-order valence-electron chi connectivity index (χ2n) is 7.97. The minimum atomic E-state index is -4.44. The van der Waals surface area contributed by atoms with Crippen molar-refractivity contribution >= 4 is 22.8 Å². The summed E-state index contributed by atoms with van der Waals surface area (Å²) >= 11 is 1.44. The maximum absolute atomic E-state index is 13.6. The zero-order valence-corrected chi connectivity index (χ0v) is 19.4. The number of thioether (sulfide) groups is 1. The number of benzene rings is 2. The molecule has 0 radical (unpaired) electrons. The number of amides is 1. The first-order valence-corrected chi connectivity index (χ1v) is 11.3. The number of carbonyl (C=O) groups excluding carboxylic acids is 1. The predicted molar refractivity (Wildman–Crippen MR) is 122 cm³/mol. The smallest absolute Gasteiger partial charge is 0.375 e. The van der Waals surface area contributed by atoms with E-state index in [9.17, 15) is 18.0 Å². The summed E-state index contributed by atoms with van der Waals surface area (Å²) in [6, 6.07) is 9.77. The highest BCUT2D eigenvalue weighted by atomic mass is 32.2. The predicted octanol–water partition coefficient (Wildman–Crippen LogP) is 5.49. The number of alkyl halides is 3. The summed E-state index contributed by atoms with van der Waals surface area (Å²) < 4.78 is 45.7. The van der Waals surface area contributed by atoms with Gasteiger partial charge < -0.3 is 4.74 Å². The van der Waals surface area contributed by atoms with E-state index < -0.39 is 17.8 Å². The maximum Gasteiger partial charge on any atom is 0.416 e. The van der Waals surface area contributed by atoms with Crippen molar-refractivity contribution in [2.45, 2.75) is 39.4 Å². The summed E-state index contributed by atoms with van der Waals surface area (Å²) in [5, 5.41) is 0.526. The van der Waals surface area contributed by atoms with Gasteiger partial charge in [0.1, 0.15) is 6.61 Å². The highest BCUT2D eigenvalue weighted by Crippen LogP contribution is 2.37. The quantitative estimate of drug-likeness (QED) is 0.568. The van der Waals surface area contributed by atoms with Crippen LogP contribution >= 0.6 is 11.8 Å². The lowest BCUT2D eigenvalue weighted by molar-refractivity contribution is -0.138. The molecule has 172 valence electrons. The van der Waals surface area contributed by atoms with Crippen LogP contribution in [0.1, 0.15) is 39.4 Å². The SMILES string of the molecule is COCC(=O)N1CCSC1=NC(Cc1cc(C)cc(C)c1)c1cccc(C(F)(F)F)c1C. The number of aryl methyl sites for hydroxylation is 2. The van der Waals surface area contributed by atoms with E-state index in [2.05, 4.69) is 6.07 Å². The topological polar surface area (TPSA) is 41.9 Å². The third-order valence-corrected chi connectivity index (χ3v) is 6.33. The maximum atomic E-state index is 13.6. The first kappa shape index (κ1) is 24.3. The highest BCUT2D eigenvalue weighted by Gasteiger charge is 2.34. The molecule has 1 aliphatic rings. The van der Waals surface area contributed by atoms with Gasteiger partial charge in [-0.25, -0.2) is 0 Å². The van der Waals surface area contributed by atoms with Crippen LogP contribution in [0.25, 0.3) is 0 Å². The fourth-order valence-corrected chi connectivity index (χ4v) is 5.04. The molecule has 0 aliphatic carbocycles. The average Bonchev–Trinajstić information content (AvgIpc) is 3.14. The number of carbonyl (C=O) groups is 1. The van der Waals surface area contributed by atoms with Gasteiger partial charge >= 0.3 is 6.18 Å². The molecule has 0 aromatic heterocycles. The van der Waals surface area contributed by atoms with E-state index in [0.29, 0.717) is 29.4 Å². The minimum absolute atomic E-state index is 0.0656. The number of halogens is 3. The third-order valence-electron chi connectivity index (χ3n) is 5.36. The highest BCUT2D eigenvalue weighted by molar-refractivity contribution is 8.14. The van der Waals surface area contributed by atoms with Gasteiger partial charge in [-0.2, -0.15) is 13.2 Å². The molecular formula is C24H27F3N2O2S. The minimum Gasteiger partial charge on any atom is -0.375 e. The van der Waals surface area contributed by atoms with Gasteiger partial charge in [0.2, 0.25) is 0 Å².